The minimum absolute atomic E-state index is 0.106. The largest absolute Gasteiger partial charge is 0.308 e. The minimum Gasteiger partial charge on any atom is -0.296 e. The molecule has 0 aliphatic rings. The summed E-state index contributed by atoms with van der Waals surface area (Å²) in [6.07, 6.45) is 1.64. The number of hydrogen-bond donors (Lipinski definition) is 1. The highest BCUT2D eigenvalue weighted by Crippen LogP contribution is 2.07. The molecular weight excluding hydrogens is 186 g/mol. The lowest BCUT2D eigenvalue weighted by atomic mass is 10.5. The Balaban J connectivity index is 0.000000396. The smallest absolute Gasteiger partial charge is 0.296 e. The summed E-state index contributed by atoms with van der Waals surface area (Å²) in [5, 5.41) is 0. The molecule has 0 saturated heterocycles. The monoisotopic (exact) mass is 197 g/mol. The lowest BCUT2D eigenvalue weighted by Gasteiger charge is -1.87. The van der Waals surface area contributed by atoms with Crippen LogP contribution >= 0.6 is 11.3 Å². The number of thiazole rings is 1. The standard InChI is InChI=1S/C6H5N3OS.C2H6/c1-3-2-7-5-4(8-3)9-6(10)11-5;1-2/h2H,1H3,(H,8,9,10);1-2H3. The van der Waals surface area contributed by atoms with Gasteiger partial charge in [-0.25, -0.2) is 9.97 Å². The van der Waals surface area contributed by atoms with Gasteiger partial charge in [-0.15, -0.1) is 0 Å². The van der Waals surface area contributed by atoms with E-state index < -0.39 is 0 Å². The summed E-state index contributed by atoms with van der Waals surface area (Å²) in [5.41, 5.74) is 1.39. The molecule has 2 rings (SSSR count). The highest BCUT2D eigenvalue weighted by atomic mass is 32.1. The van der Waals surface area contributed by atoms with E-state index in [1.165, 1.54) is 0 Å². The molecule has 0 saturated carbocycles. The summed E-state index contributed by atoms with van der Waals surface area (Å²) >= 11 is 1.08. The lowest BCUT2D eigenvalue weighted by Crippen LogP contribution is -1.91. The van der Waals surface area contributed by atoms with Gasteiger partial charge in [0.25, 0.3) is 0 Å². The van der Waals surface area contributed by atoms with E-state index in [-0.39, 0.29) is 4.87 Å². The van der Waals surface area contributed by atoms with Gasteiger partial charge in [-0.05, 0) is 6.92 Å². The number of aryl methyl sites for hydroxylation is 1. The molecule has 0 amide bonds. The van der Waals surface area contributed by atoms with Gasteiger partial charge in [0.2, 0.25) is 0 Å². The van der Waals surface area contributed by atoms with Crippen LogP contribution in [0.2, 0.25) is 0 Å². The van der Waals surface area contributed by atoms with Gasteiger partial charge in [-0.2, -0.15) is 0 Å². The van der Waals surface area contributed by atoms with Crippen molar-refractivity contribution in [2.45, 2.75) is 20.8 Å². The van der Waals surface area contributed by atoms with Gasteiger partial charge in [-0.3, -0.25) is 9.78 Å². The van der Waals surface area contributed by atoms with Crippen LogP contribution in [-0.4, -0.2) is 15.0 Å². The van der Waals surface area contributed by atoms with E-state index in [0.29, 0.717) is 10.5 Å². The Morgan fingerprint density at radius 3 is 2.85 bits per heavy atom. The molecule has 4 nitrogen and oxygen atoms in total. The third kappa shape index (κ3) is 2.12. The summed E-state index contributed by atoms with van der Waals surface area (Å²) in [4.78, 5) is 22.0. The van der Waals surface area contributed by atoms with E-state index in [1.807, 2.05) is 20.8 Å². The zero-order valence-electron chi connectivity index (χ0n) is 7.79. The maximum Gasteiger partial charge on any atom is 0.308 e. The topological polar surface area (TPSA) is 58.6 Å². The summed E-state index contributed by atoms with van der Waals surface area (Å²) in [6.45, 7) is 5.84. The molecule has 0 aromatic carbocycles. The van der Waals surface area contributed by atoms with Gasteiger partial charge in [0.1, 0.15) is 0 Å². The van der Waals surface area contributed by atoms with Crippen molar-refractivity contribution in [2.75, 3.05) is 0 Å². The maximum absolute atomic E-state index is 10.8. The first-order valence-corrected chi connectivity index (χ1v) is 4.90. The second kappa shape index (κ2) is 4.13. The van der Waals surface area contributed by atoms with Gasteiger partial charge >= 0.3 is 4.87 Å². The SMILES string of the molecule is CC.Cc1cnc2sc(=O)[nH]c2n1. The number of aromatic amines is 1. The predicted octanol–water partition coefficient (Wildman–Crippen LogP) is 1.71. The number of aromatic nitrogens is 3. The second-order valence-corrected chi connectivity index (χ2v) is 3.14. The summed E-state index contributed by atoms with van der Waals surface area (Å²) in [7, 11) is 0. The highest BCUT2D eigenvalue weighted by molar-refractivity contribution is 7.15. The molecule has 0 bridgehead atoms. The summed E-state index contributed by atoms with van der Waals surface area (Å²) < 4.78 is 0. The number of nitrogens with one attached hydrogen (secondary N) is 1. The fourth-order valence-electron chi connectivity index (χ4n) is 0.832. The normalized spacial score (nSPS) is 9.46. The van der Waals surface area contributed by atoms with E-state index >= 15 is 0 Å². The molecule has 0 spiro atoms. The molecule has 0 aliphatic heterocycles. The molecule has 1 N–H and O–H groups in total. The Morgan fingerprint density at radius 1 is 1.46 bits per heavy atom. The van der Waals surface area contributed by atoms with Crippen molar-refractivity contribution in [3.8, 4) is 0 Å². The van der Waals surface area contributed by atoms with Gasteiger partial charge in [0, 0.05) is 6.20 Å². The average Bonchev–Trinajstić information content (AvgIpc) is 2.48. The molecule has 70 valence electrons. The van der Waals surface area contributed by atoms with Crippen molar-refractivity contribution in [1.29, 1.82) is 0 Å². The number of fused-ring (bicyclic) bond motifs is 1. The van der Waals surface area contributed by atoms with Crippen molar-refractivity contribution in [3.05, 3.63) is 21.6 Å². The molecule has 0 aliphatic carbocycles. The van der Waals surface area contributed by atoms with E-state index in [9.17, 15) is 4.79 Å². The van der Waals surface area contributed by atoms with E-state index in [4.69, 9.17) is 0 Å². The quantitative estimate of drug-likeness (QED) is 0.699. The zero-order chi connectivity index (χ0) is 9.84. The zero-order valence-corrected chi connectivity index (χ0v) is 8.60. The lowest BCUT2D eigenvalue weighted by molar-refractivity contribution is 1.16. The van der Waals surface area contributed by atoms with Crippen LogP contribution in [0.4, 0.5) is 0 Å². The fourth-order valence-corrected chi connectivity index (χ4v) is 1.45. The second-order valence-electron chi connectivity index (χ2n) is 2.18. The molecule has 0 fully saturated rings. The van der Waals surface area contributed by atoms with Crippen LogP contribution in [0.5, 0.6) is 0 Å². The Morgan fingerprint density at radius 2 is 2.15 bits per heavy atom. The number of hydrogen-bond acceptors (Lipinski definition) is 4. The van der Waals surface area contributed by atoms with Crippen molar-refractivity contribution in [1.82, 2.24) is 15.0 Å². The molecule has 2 aromatic heterocycles. The first kappa shape index (κ1) is 9.85. The number of rotatable bonds is 0. The van der Waals surface area contributed by atoms with Crippen molar-refractivity contribution >= 4 is 21.8 Å². The summed E-state index contributed by atoms with van der Waals surface area (Å²) in [6, 6.07) is 0. The van der Waals surface area contributed by atoms with Crippen LogP contribution in [0.3, 0.4) is 0 Å². The average molecular weight is 197 g/mol. The summed E-state index contributed by atoms with van der Waals surface area (Å²) in [5.74, 6) is 0. The molecule has 0 radical (unpaired) electrons. The van der Waals surface area contributed by atoms with Crippen LogP contribution in [0.25, 0.3) is 10.5 Å². The number of H-pyrrole nitrogens is 1. The highest BCUT2D eigenvalue weighted by Gasteiger charge is 1.99. The molecule has 13 heavy (non-hydrogen) atoms. The van der Waals surface area contributed by atoms with Crippen LogP contribution in [0.15, 0.2) is 11.0 Å². The third-order valence-electron chi connectivity index (χ3n) is 1.27. The van der Waals surface area contributed by atoms with Crippen LogP contribution in [0.1, 0.15) is 19.5 Å². The van der Waals surface area contributed by atoms with Crippen molar-refractivity contribution in [3.63, 3.8) is 0 Å². The number of nitrogens with zero attached hydrogens (tertiary/aromatic N) is 2. The van der Waals surface area contributed by atoms with Crippen molar-refractivity contribution < 1.29 is 0 Å². The Bertz CT molecular complexity index is 446. The van der Waals surface area contributed by atoms with Gasteiger partial charge in [0.05, 0.1) is 5.69 Å². The predicted molar refractivity (Wildman–Crippen MR) is 54.1 cm³/mol. The molecule has 5 heteroatoms. The van der Waals surface area contributed by atoms with E-state index in [0.717, 1.165) is 17.0 Å². The van der Waals surface area contributed by atoms with Crippen LogP contribution in [-0.2, 0) is 0 Å². The van der Waals surface area contributed by atoms with Gasteiger partial charge in [-0.1, -0.05) is 25.2 Å². The van der Waals surface area contributed by atoms with Crippen LogP contribution < -0.4 is 4.87 Å². The third-order valence-corrected chi connectivity index (χ3v) is 2.05. The van der Waals surface area contributed by atoms with Crippen molar-refractivity contribution in [2.24, 2.45) is 0 Å². The van der Waals surface area contributed by atoms with Gasteiger partial charge < -0.3 is 0 Å². The fraction of sp³-hybridized carbons (Fsp3) is 0.375. The maximum atomic E-state index is 10.8. The molecule has 2 aromatic rings. The molecular formula is C8H11N3OS. The Labute approximate surface area is 79.7 Å². The Hall–Kier alpha value is -1.23. The minimum atomic E-state index is -0.106. The molecule has 2 heterocycles. The first-order chi connectivity index (χ1) is 6.25. The van der Waals surface area contributed by atoms with Gasteiger partial charge in [0.15, 0.2) is 10.5 Å². The Kier molecular flexibility index (Phi) is 3.13. The van der Waals surface area contributed by atoms with E-state index in [2.05, 4.69) is 15.0 Å². The molecule has 0 unspecified atom stereocenters. The van der Waals surface area contributed by atoms with Crippen LogP contribution in [0, 0.1) is 6.92 Å². The molecule has 0 atom stereocenters. The first-order valence-electron chi connectivity index (χ1n) is 4.08. The van der Waals surface area contributed by atoms with E-state index in [1.54, 1.807) is 6.20 Å².